The second kappa shape index (κ2) is 11.8. The summed E-state index contributed by atoms with van der Waals surface area (Å²) < 4.78 is 31.9. The highest BCUT2D eigenvalue weighted by Gasteiger charge is 2.26. The SMILES string of the molecule is CCCCc1ccc(CS(=O)(=O)c2cnc(C)c(C(=O)N3CCN(c4ccccc4OC)CC3)c2)cc1. The molecule has 0 spiro atoms. The molecule has 1 saturated heterocycles. The third kappa shape index (κ3) is 6.31. The highest BCUT2D eigenvalue weighted by Crippen LogP contribution is 2.29. The molecule has 0 atom stereocenters. The predicted molar refractivity (Wildman–Crippen MR) is 146 cm³/mol. The van der Waals surface area contributed by atoms with Gasteiger partial charge in [0.15, 0.2) is 9.84 Å². The molecule has 8 heteroatoms. The number of aromatic nitrogens is 1. The predicted octanol–water partition coefficient (Wildman–Crippen LogP) is 4.68. The number of methoxy groups -OCH3 is 1. The van der Waals surface area contributed by atoms with E-state index < -0.39 is 9.84 Å². The highest BCUT2D eigenvalue weighted by molar-refractivity contribution is 7.90. The Balaban J connectivity index is 1.46. The number of anilines is 1. The van der Waals surface area contributed by atoms with Crippen LogP contribution in [0.3, 0.4) is 0 Å². The molecule has 2 heterocycles. The van der Waals surface area contributed by atoms with Crippen LogP contribution in [0, 0.1) is 6.92 Å². The number of para-hydroxylation sites is 2. The van der Waals surface area contributed by atoms with Gasteiger partial charge in [-0.2, -0.15) is 0 Å². The van der Waals surface area contributed by atoms with Crippen molar-refractivity contribution in [1.82, 2.24) is 9.88 Å². The van der Waals surface area contributed by atoms with Gasteiger partial charge in [0.1, 0.15) is 5.75 Å². The van der Waals surface area contributed by atoms with Crippen LogP contribution in [0.5, 0.6) is 5.75 Å². The molecule has 1 aliphatic heterocycles. The number of pyridine rings is 1. The summed E-state index contributed by atoms with van der Waals surface area (Å²) >= 11 is 0. The molecule has 37 heavy (non-hydrogen) atoms. The number of hydrogen-bond acceptors (Lipinski definition) is 6. The van der Waals surface area contributed by atoms with Gasteiger partial charge >= 0.3 is 0 Å². The third-order valence-corrected chi connectivity index (χ3v) is 8.50. The maximum absolute atomic E-state index is 13.4. The van der Waals surface area contributed by atoms with Crippen LogP contribution in [0.1, 0.15) is 46.9 Å². The van der Waals surface area contributed by atoms with Crippen LogP contribution >= 0.6 is 0 Å². The van der Waals surface area contributed by atoms with E-state index in [1.165, 1.54) is 17.8 Å². The highest BCUT2D eigenvalue weighted by atomic mass is 32.2. The zero-order valence-electron chi connectivity index (χ0n) is 21.8. The minimum Gasteiger partial charge on any atom is -0.495 e. The van der Waals surface area contributed by atoms with E-state index in [0.717, 1.165) is 36.3 Å². The van der Waals surface area contributed by atoms with Gasteiger partial charge in [-0.15, -0.1) is 0 Å². The minimum atomic E-state index is -3.65. The van der Waals surface area contributed by atoms with E-state index in [-0.39, 0.29) is 16.6 Å². The Morgan fingerprint density at radius 2 is 1.68 bits per heavy atom. The number of nitrogens with zero attached hydrogens (tertiary/aromatic N) is 3. The molecule has 3 aromatic rings. The molecule has 0 unspecified atom stereocenters. The Hall–Kier alpha value is -3.39. The molecule has 1 amide bonds. The van der Waals surface area contributed by atoms with Gasteiger partial charge in [-0.1, -0.05) is 49.7 Å². The molecule has 0 aliphatic carbocycles. The molecular formula is C29H35N3O4S. The van der Waals surface area contributed by atoms with Crippen LogP contribution in [-0.2, 0) is 22.0 Å². The lowest BCUT2D eigenvalue weighted by atomic mass is 10.1. The number of sulfone groups is 1. The zero-order valence-corrected chi connectivity index (χ0v) is 22.6. The summed E-state index contributed by atoms with van der Waals surface area (Å²) in [5, 5.41) is 0. The van der Waals surface area contributed by atoms with E-state index in [4.69, 9.17) is 4.74 Å². The van der Waals surface area contributed by atoms with Crippen molar-refractivity contribution in [2.45, 2.75) is 43.8 Å². The Kier molecular flexibility index (Phi) is 8.48. The summed E-state index contributed by atoms with van der Waals surface area (Å²) in [4.78, 5) is 21.7. The molecule has 0 saturated carbocycles. The lowest BCUT2D eigenvalue weighted by molar-refractivity contribution is 0.0745. The van der Waals surface area contributed by atoms with E-state index in [1.54, 1.807) is 18.9 Å². The van der Waals surface area contributed by atoms with Crippen molar-refractivity contribution >= 4 is 21.4 Å². The van der Waals surface area contributed by atoms with Crippen LogP contribution in [-0.4, -0.2) is 57.5 Å². The van der Waals surface area contributed by atoms with Crippen molar-refractivity contribution in [3.8, 4) is 5.75 Å². The molecule has 0 bridgehead atoms. The van der Waals surface area contributed by atoms with Crippen LogP contribution in [0.2, 0.25) is 0 Å². The number of ether oxygens (including phenoxy) is 1. The molecular weight excluding hydrogens is 486 g/mol. The van der Waals surface area contributed by atoms with E-state index in [0.29, 0.717) is 37.4 Å². The summed E-state index contributed by atoms with van der Waals surface area (Å²) in [5.41, 5.74) is 3.79. The first-order chi connectivity index (χ1) is 17.8. The Morgan fingerprint density at radius 3 is 2.35 bits per heavy atom. The van der Waals surface area contributed by atoms with E-state index >= 15 is 0 Å². The average molecular weight is 522 g/mol. The van der Waals surface area contributed by atoms with Gasteiger partial charge in [0.05, 0.1) is 34.7 Å². The Labute approximate surface area is 220 Å². The number of amides is 1. The number of unbranched alkanes of at least 4 members (excludes halogenated alkanes) is 1. The van der Waals surface area contributed by atoms with Gasteiger partial charge in [0.2, 0.25) is 0 Å². The smallest absolute Gasteiger partial charge is 0.255 e. The van der Waals surface area contributed by atoms with E-state index in [2.05, 4.69) is 16.8 Å². The summed E-state index contributed by atoms with van der Waals surface area (Å²) in [5.74, 6) is 0.481. The number of hydrogen-bond donors (Lipinski definition) is 0. The van der Waals surface area contributed by atoms with E-state index in [9.17, 15) is 13.2 Å². The fraction of sp³-hybridized carbons (Fsp3) is 0.379. The second-order valence-electron chi connectivity index (χ2n) is 9.43. The third-order valence-electron chi connectivity index (χ3n) is 6.84. The monoisotopic (exact) mass is 521 g/mol. The number of aryl methyl sites for hydroxylation is 2. The van der Waals surface area contributed by atoms with Crippen molar-refractivity contribution in [1.29, 1.82) is 0 Å². The molecule has 7 nitrogen and oxygen atoms in total. The minimum absolute atomic E-state index is 0.0733. The molecule has 196 valence electrons. The lowest BCUT2D eigenvalue weighted by Crippen LogP contribution is -2.49. The normalized spacial score (nSPS) is 14.0. The van der Waals surface area contributed by atoms with Crippen molar-refractivity contribution < 1.29 is 17.9 Å². The summed E-state index contributed by atoms with van der Waals surface area (Å²) in [7, 11) is -2.00. The van der Waals surface area contributed by atoms with Crippen LogP contribution < -0.4 is 9.64 Å². The van der Waals surface area contributed by atoms with Crippen molar-refractivity contribution in [2.75, 3.05) is 38.2 Å². The lowest BCUT2D eigenvalue weighted by Gasteiger charge is -2.36. The first-order valence-corrected chi connectivity index (χ1v) is 14.4. The largest absolute Gasteiger partial charge is 0.495 e. The van der Waals surface area contributed by atoms with Gasteiger partial charge in [-0.3, -0.25) is 9.78 Å². The summed E-state index contributed by atoms with van der Waals surface area (Å²) in [6.07, 6.45) is 4.58. The topological polar surface area (TPSA) is 79.8 Å². The van der Waals surface area contributed by atoms with Gasteiger partial charge in [0.25, 0.3) is 5.91 Å². The molecule has 1 aromatic heterocycles. The first kappa shape index (κ1) is 26.7. The number of benzene rings is 2. The fourth-order valence-corrected chi connectivity index (χ4v) is 5.91. The van der Waals surface area contributed by atoms with Gasteiger partial charge in [-0.25, -0.2) is 8.42 Å². The maximum Gasteiger partial charge on any atom is 0.255 e. The fourth-order valence-electron chi connectivity index (χ4n) is 4.60. The molecule has 1 fully saturated rings. The molecule has 0 radical (unpaired) electrons. The Bertz CT molecular complexity index is 1330. The molecule has 0 N–H and O–H groups in total. The first-order valence-electron chi connectivity index (χ1n) is 12.8. The number of rotatable bonds is 9. The zero-order chi connectivity index (χ0) is 26.4. The quantitative estimate of drug-likeness (QED) is 0.407. The van der Waals surface area contributed by atoms with E-state index in [1.807, 2.05) is 48.5 Å². The van der Waals surface area contributed by atoms with Crippen LogP contribution in [0.25, 0.3) is 0 Å². The molecule has 1 aliphatic rings. The molecule has 4 rings (SSSR count). The standard InChI is InChI=1S/C29H35N3O4S/c1-4-5-8-23-11-13-24(14-12-23)21-37(34,35)25-19-26(22(2)30-20-25)29(33)32-17-15-31(16-18-32)27-9-6-7-10-28(27)36-3/h6-7,9-14,19-20H,4-5,8,15-18,21H2,1-3H3. The van der Waals surface area contributed by atoms with Crippen molar-refractivity contribution in [3.63, 3.8) is 0 Å². The number of carbonyl (C=O) groups excluding carboxylic acids is 1. The van der Waals surface area contributed by atoms with Gasteiger partial charge in [0, 0.05) is 32.4 Å². The number of piperazine rings is 1. The maximum atomic E-state index is 13.4. The second-order valence-corrected chi connectivity index (χ2v) is 11.4. The van der Waals surface area contributed by atoms with Crippen molar-refractivity contribution in [3.05, 3.63) is 83.2 Å². The summed E-state index contributed by atoms with van der Waals surface area (Å²) in [6.45, 7) is 6.26. The van der Waals surface area contributed by atoms with Crippen molar-refractivity contribution in [2.24, 2.45) is 0 Å². The average Bonchev–Trinajstić information content (AvgIpc) is 2.92. The summed E-state index contributed by atoms with van der Waals surface area (Å²) in [6, 6.07) is 17.1. The number of carbonyl (C=O) groups is 1. The Morgan fingerprint density at radius 1 is 1.00 bits per heavy atom. The van der Waals surface area contributed by atoms with Crippen LogP contribution in [0.15, 0.2) is 65.7 Å². The van der Waals surface area contributed by atoms with Gasteiger partial charge in [-0.05, 0) is 49.1 Å². The van der Waals surface area contributed by atoms with Gasteiger partial charge < -0.3 is 14.5 Å². The molecule has 2 aromatic carbocycles. The van der Waals surface area contributed by atoms with Crippen LogP contribution in [0.4, 0.5) is 5.69 Å².